The molecule has 1 aliphatic carbocycles. The Morgan fingerprint density at radius 3 is 2.52 bits per heavy atom. The lowest BCUT2D eigenvalue weighted by atomic mass is 9.95. The fourth-order valence-electron chi connectivity index (χ4n) is 3.70. The van der Waals surface area contributed by atoms with E-state index in [9.17, 15) is 22.8 Å². The number of thiophene rings is 1. The highest BCUT2D eigenvalue weighted by atomic mass is 35.5. The molecule has 0 radical (unpaired) electrons. The molecule has 2 amide bonds. The number of halogens is 4. The second-order valence-electron chi connectivity index (χ2n) is 7.25. The van der Waals surface area contributed by atoms with Gasteiger partial charge in [-0.3, -0.25) is 14.5 Å². The third-order valence-corrected chi connectivity index (χ3v) is 6.29. The molecule has 1 aromatic carbocycles. The second kappa shape index (κ2) is 9.91. The van der Waals surface area contributed by atoms with Gasteiger partial charge in [0.25, 0.3) is 0 Å². The van der Waals surface area contributed by atoms with Crippen LogP contribution in [0.2, 0.25) is 5.02 Å². The van der Waals surface area contributed by atoms with Gasteiger partial charge in [-0.2, -0.15) is 13.2 Å². The molecule has 168 valence electrons. The first-order valence-corrected chi connectivity index (χ1v) is 11.1. The van der Waals surface area contributed by atoms with E-state index in [1.807, 2.05) is 0 Å². The molecule has 1 aliphatic rings. The first-order valence-electron chi connectivity index (χ1n) is 9.80. The standard InChI is InChI=1S/C21H22ClF3N2O3S/c1-30-16-10-9-13(22)12-15(16)27(20(29)21(23,24)25)18(17-8-5-11-31-17)19(28)26-14-6-3-2-4-7-14/h5,8-12,14,18H,2-4,6-7H2,1H3,(H,26,28)/t18-/m1/s1. The number of carbonyl (C=O) groups excluding carboxylic acids is 2. The summed E-state index contributed by atoms with van der Waals surface area (Å²) in [6.07, 6.45) is -0.801. The van der Waals surface area contributed by atoms with Crippen molar-refractivity contribution in [2.45, 2.75) is 50.4 Å². The van der Waals surface area contributed by atoms with Crippen molar-refractivity contribution < 1.29 is 27.5 Å². The van der Waals surface area contributed by atoms with Gasteiger partial charge in [0.1, 0.15) is 5.75 Å². The van der Waals surface area contributed by atoms with Crippen LogP contribution >= 0.6 is 22.9 Å². The first-order chi connectivity index (χ1) is 14.7. The number of ether oxygens (including phenoxy) is 1. The normalized spacial score (nSPS) is 15.9. The molecule has 3 rings (SSSR count). The molecule has 5 nitrogen and oxygen atoms in total. The topological polar surface area (TPSA) is 58.6 Å². The van der Waals surface area contributed by atoms with E-state index in [0.717, 1.165) is 43.4 Å². The minimum absolute atomic E-state index is 0.00553. The molecule has 0 bridgehead atoms. The molecule has 1 fully saturated rings. The molecule has 0 aliphatic heterocycles. The predicted octanol–water partition coefficient (Wildman–Crippen LogP) is 5.50. The van der Waals surface area contributed by atoms with Crippen molar-refractivity contribution in [3.8, 4) is 5.75 Å². The SMILES string of the molecule is COc1ccc(Cl)cc1N(C(=O)C(F)(F)F)[C@@H](C(=O)NC1CCCCC1)c1cccs1. The van der Waals surface area contributed by atoms with Gasteiger partial charge in [0.05, 0.1) is 12.8 Å². The number of hydrogen-bond acceptors (Lipinski definition) is 4. The molecule has 0 unspecified atom stereocenters. The van der Waals surface area contributed by atoms with Crippen molar-refractivity contribution in [3.63, 3.8) is 0 Å². The molecule has 0 saturated heterocycles. The highest BCUT2D eigenvalue weighted by molar-refractivity contribution is 7.10. The van der Waals surface area contributed by atoms with Crippen LogP contribution in [0.25, 0.3) is 0 Å². The summed E-state index contributed by atoms with van der Waals surface area (Å²) < 4.78 is 46.1. The number of anilines is 1. The van der Waals surface area contributed by atoms with Crippen molar-refractivity contribution in [3.05, 3.63) is 45.6 Å². The van der Waals surface area contributed by atoms with Gasteiger partial charge in [-0.25, -0.2) is 0 Å². The largest absolute Gasteiger partial charge is 0.495 e. The lowest BCUT2D eigenvalue weighted by Crippen LogP contribution is -2.50. The highest BCUT2D eigenvalue weighted by Crippen LogP contribution is 2.40. The minimum Gasteiger partial charge on any atom is -0.495 e. The van der Waals surface area contributed by atoms with Gasteiger partial charge in [0, 0.05) is 15.9 Å². The van der Waals surface area contributed by atoms with E-state index >= 15 is 0 Å². The molecule has 1 atom stereocenters. The van der Waals surface area contributed by atoms with Crippen LogP contribution in [0.15, 0.2) is 35.7 Å². The average molecular weight is 475 g/mol. The van der Waals surface area contributed by atoms with E-state index in [1.165, 1.54) is 31.4 Å². The molecule has 1 saturated carbocycles. The number of amides is 2. The van der Waals surface area contributed by atoms with Crippen molar-refractivity contribution in [2.75, 3.05) is 12.0 Å². The van der Waals surface area contributed by atoms with Crippen LogP contribution in [-0.2, 0) is 9.59 Å². The summed E-state index contributed by atoms with van der Waals surface area (Å²) in [6.45, 7) is 0. The van der Waals surface area contributed by atoms with Gasteiger partial charge in [-0.05, 0) is 42.5 Å². The maximum absolute atomic E-state index is 13.7. The second-order valence-corrected chi connectivity index (χ2v) is 8.67. The monoisotopic (exact) mass is 474 g/mol. The third kappa shape index (κ3) is 5.51. The summed E-state index contributed by atoms with van der Waals surface area (Å²) in [7, 11) is 1.27. The number of methoxy groups -OCH3 is 1. The Morgan fingerprint density at radius 2 is 1.94 bits per heavy atom. The van der Waals surface area contributed by atoms with Gasteiger partial charge >= 0.3 is 12.1 Å². The summed E-state index contributed by atoms with van der Waals surface area (Å²) in [5, 5.41) is 4.59. The van der Waals surface area contributed by atoms with Crippen LogP contribution in [0.3, 0.4) is 0 Å². The van der Waals surface area contributed by atoms with Gasteiger partial charge in [-0.1, -0.05) is 36.9 Å². The van der Waals surface area contributed by atoms with Gasteiger partial charge in [0.15, 0.2) is 6.04 Å². The number of benzene rings is 1. The fraction of sp³-hybridized carbons (Fsp3) is 0.429. The van der Waals surface area contributed by atoms with Crippen LogP contribution in [-0.4, -0.2) is 31.1 Å². The van der Waals surface area contributed by atoms with Crippen LogP contribution in [0, 0.1) is 0 Å². The summed E-state index contributed by atoms with van der Waals surface area (Å²) in [5.74, 6) is -2.85. The molecule has 1 N–H and O–H groups in total. The molecular weight excluding hydrogens is 453 g/mol. The highest BCUT2D eigenvalue weighted by Gasteiger charge is 2.48. The van der Waals surface area contributed by atoms with E-state index in [4.69, 9.17) is 16.3 Å². The Morgan fingerprint density at radius 1 is 1.23 bits per heavy atom. The Balaban J connectivity index is 2.10. The van der Waals surface area contributed by atoms with Gasteiger partial charge in [0.2, 0.25) is 5.91 Å². The molecule has 31 heavy (non-hydrogen) atoms. The van der Waals surface area contributed by atoms with E-state index in [1.54, 1.807) is 11.4 Å². The smallest absolute Gasteiger partial charge is 0.471 e. The zero-order valence-electron chi connectivity index (χ0n) is 16.7. The Kier molecular flexibility index (Phi) is 7.48. The number of rotatable bonds is 6. The molecule has 0 spiro atoms. The number of nitrogens with one attached hydrogen (secondary N) is 1. The molecular formula is C21H22ClF3N2O3S. The third-order valence-electron chi connectivity index (χ3n) is 5.13. The quantitative estimate of drug-likeness (QED) is 0.601. The average Bonchev–Trinajstić information content (AvgIpc) is 3.25. The summed E-state index contributed by atoms with van der Waals surface area (Å²) in [4.78, 5) is 26.6. The lowest BCUT2D eigenvalue weighted by Gasteiger charge is -2.33. The molecule has 2 aromatic rings. The maximum Gasteiger partial charge on any atom is 0.471 e. The van der Waals surface area contributed by atoms with Crippen molar-refractivity contribution in [1.29, 1.82) is 0 Å². The van der Waals surface area contributed by atoms with E-state index in [-0.39, 0.29) is 22.5 Å². The Bertz CT molecular complexity index is 915. The maximum atomic E-state index is 13.7. The summed E-state index contributed by atoms with van der Waals surface area (Å²) >= 11 is 7.12. The van der Waals surface area contributed by atoms with Crippen LogP contribution < -0.4 is 15.0 Å². The number of alkyl halides is 3. The van der Waals surface area contributed by atoms with Crippen LogP contribution in [0.5, 0.6) is 5.75 Å². The lowest BCUT2D eigenvalue weighted by molar-refractivity contribution is -0.171. The molecule has 1 aromatic heterocycles. The van der Waals surface area contributed by atoms with Crippen molar-refractivity contribution in [2.24, 2.45) is 0 Å². The van der Waals surface area contributed by atoms with Crippen molar-refractivity contribution >= 4 is 40.4 Å². The fourth-order valence-corrected chi connectivity index (χ4v) is 4.68. The van der Waals surface area contributed by atoms with E-state index in [2.05, 4.69) is 5.32 Å². The zero-order chi connectivity index (χ0) is 22.6. The Labute approximate surface area is 187 Å². The summed E-state index contributed by atoms with van der Waals surface area (Å²) in [6, 6.07) is 5.46. The predicted molar refractivity (Wildman–Crippen MR) is 114 cm³/mol. The Hall–Kier alpha value is -2.26. The first kappa shape index (κ1) is 23.4. The van der Waals surface area contributed by atoms with E-state index in [0.29, 0.717) is 9.78 Å². The van der Waals surface area contributed by atoms with Gasteiger partial charge < -0.3 is 10.1 Å². The number of carbonyl (C=O) groups is 2. The van der Waals surface area contributed by atoms with Crippen molar-refractivity contribution in [1.82, 2.24) is 5.32 Å². The molecule has 10 heteroatoms. The van der Waals surface area contributed by atoms with E-state index < -0.39 is 24.0 Å². The van der Waals surface area contributed by atoms with Crippen LogP contribution in [0.4, 0.5) is 18.9 Å². The number of nitrogens with zero attached hydrogens (tertiary/aromatic N) is 1. The number of hydrogen-bond donors (Lipinski definition) is 1. The summed E-state index contributed by atoms with van der Waals surface area (Å²) in [5.41, 5.74) is -0.227. The zero-order valence-corrected chi connectivity index (χ0v) is 18.3. The van der Waals surface area contributed by atoms with Gasteiger partial charge in [-0.15, -0.1) is 11.3 Å². The molecule has 1 heterocycles. The minimum atomic E-state index is -5.21. The van der Waals surface area contributed by atoms with Crippen LogP contribution in [0.1, 0.15) is 43.0 Å².